The first kappa shape index (κ1) is 14.9. The molecule has 1 saturated heterocycles. The molecule has 1 aliphatic heterocycles. The van der Waals surface area contributed by atoms with Crippen molar-refractivity contribution in [1.29, 1.82) is 0 Å². The highest BCUT2D eigenvalue weighted by Gasteiger charge is 2.29. The Kier molecular flexibility index (Phi) is 5.08. The van der Waals surface area contributed by atoms with Gasteiger partial charge in [0.2, 0.25) is 5.01 Å². The van der Waals surface area contributed by atoms with Gasteiger partial charge in [-0.2, -0.15) is 0 Å². The molecular formula is C13H18N2O4S. The standard InChI is InChI=1S/C13H18N2O4S/c1-3-19-13(17)11-14-10(8-20-11)7-15-5-4-9(6-15)12(16)18-2/h8-9H,3-7H2,1-2H3. The van der Waals surface area contributed by atoms with E-state index in [0.717, 1.165) is 18.7 Å². The van der Waals surface area contributed by atoms with Crippen molar-refractivity contribution in [2.75, 3.05) is 26.8 Å². The smallest absolute Gasteiger partial charge is 0.367 e. The zero-order valence-corrected chi connectivity index (χ0v) is 12.4. The number of carbonyl (C=O) groups excluding carboxylic acids is 2. The highest BCUT2D eigenvalue weighted by Crippen LogP contribution is 2.20. The molecule has 6 nitrogen and oxygen atoms in total. The van der Waals surface area contributed by atoms with Crippen molar-refractivity contribution in [2.24, 2.45) is 5.92 Å². The summed E-state index contributed by atoms with van der Waals surface area (Å²) < 4.78 is 9.66. The van der Waals surface area contributed by atoms with E-state index in [1.165, 1.54) is 18.4 Å². The fourth-order valence-corrected chi connectivity index (χ4v) is 2.93. The summed E-state index contributed by atoms with van der Waals surface area (Å²) in [7, 11) is 1.41. The van der Waals surface area contributed by atoms with Gasteiger partial charge >= 0.3 is 11.9 Å². The molecule has 1 unspecified atom stereocenters. The number of methoxy groups -OCH3 is 1. The largest absolute Gasteiger partial charge is 0.469 e. The summed E-state index contributed by atoms with van der Waals surface area (Å²) in [5, 5.41) is 2.24. The van der Waals surface area contributed by atoms with Gasteiger partial charge in [-0.25, -0.2) is 9.78 Å². The lowest BCUT2D eigenvalue weighted by atomic mass is 10.1. The van der Waals surface area contributed by atoms with Gasteiger partial charge in [0.05, 0.1) is 25.3 Å². The molecule has 7 heteroatoms. The van der Waals surface area contributed by atoms with E-state index in [4.69, 9.17) is 9.47 Å². The maximum absolute atomic E-state index is 11.5. The molecule has 1 aromatic rings. The second kappa shape index (κ2) is 6.81. The molecular weight excluding hydrogens is 280 g/mol. The van der Waals surface area contributed by atoms with Crippen LogP contribution in [0.1, 0.15) is 28.8 Å². The molecule has 0 spiro atoms. The first-order chi connectivity index (χ1) is 9.63. The lowest BCUT2D eigenvalue weighted by molar-refractivity contribution is -0.144. The van der Waals surface area contributed by atoms with Crippen LogP contribution in [0.3, 0.4) is 0 Å². The average molecular weight is 298 g/mol. The Morgan fingerprint density at radius 2 is 2.35 bits per heavy atom. The lowest BCUT2D eigenvalue weighted by Crippen LogP contribution is -2.23. The molecule has 2 heterocycles. The zero-order chi connectivity index (χ0) is 14.5. The second-order valence-electron chi connectivity index (χ2n) is 4.61. The van der Waals surface area contributed by atoms with Gasteiger partial charge in [0.25, 0.3) is 0 Å². The second-order valence-corrected chi connectivity index (χ2v) is 5.47. The van der Waals surface area contributed by atoms with E-state index < -0.39 is 0 Å². The van der Waals surface area contributed by atoms with E-state index in [2.05, 4.69) is 9.88 Å². The van der Waals surface area contributed by atoms with Crippen LogP contribution in [0, 0.1) is 5.92 Å². The van der Waals surface area contributed by atoms with Crippen molar-refractivity contribution in [1.82, 2.24) is 9.88 Å². The van der Waals surface area contributed by atoms with Crippen molar-refractivity contribution < 1.29 is 19.1 Å². The lowest BCUT2D eigenvalue weighted by Gasteiger charge is -2.13. The number of hydrogen-bond acceptors (Lipinski definition) is 7. The Bertz CT molecular complexity index is 488. The van der Waals surface area contributed by atoms with Gasteiger partial charge in [-0.05, 0) is 19.9 Å². The van der Waals surface area contributed by atoms with Crippen LogP contribution >= 0.6 is 11.3 Å². The van der Waals surface area contributed by atoms with E-state index in [0.29, 0.717) is 24.7 Å². The number of ether oxygens (including phenoxy) is 2. The maximum Gasteiger partial charge on any atom is 0.367 e. The van der Waals surface area contributed by atoms with Crippen LogP contribution in [-0.4, -0.2) is 48.6 Å². The molecule has 110 valence electrons. The fraction of sp³-hybridized carbons (Fsp3) is 0.615. The normalized spacial score (nSPS) is 19.0. The van der Waals surface area contributed by atoms with E-state index >= 15 is 0 Å². The van der Waals surface area contributed by atoms with Crippen LogP contribution in [0.5, 0.6) is 0 Å². The summed E-state index contributed by atoms with van der Waals surface area (Å²) in [5.41, 5.74) is 0.837. The third-order valence-corrected chi connectivity index (χ3v) is 4.07. The highest BCUT2D eigenvalue weighted by molar-refractivity contribution is 7.11. The van der Waals surface area contributed by atoms with Crippen LogP contribution in [0.15, 0.2) is 5.38 Å². The van der Waals surface area contributed by atoms with Crippen LogP contribution < -0.4 is 0 Å². The van der Waals surface area contributed by atoms with Crippen molar-refractivity contribution in [2.45, 2.75) is 19.9 Å². The van der Waals surface area contributed by atoms with Gasteiger partial charge in [0, 0.05) is 18.5 Å². The van der Waals surface area contributed by atoms with E-state index in [9.17, 15) is 9.59 Å². The third kappa shape index (κ3) is 3.55. The van der Waals surface area contributed by atoms with Crippen LogP contribution in [0.2, 0.25) is 0 Å². The average Bonchev–Trinajstić information content (AvgIpc) is 3.08. The molecule has 0 saturated carbocycles. The van der Waals surface area contributed by atoms with Gasteiger partial charge in [0.15, 0.2) is 0 Å². The molecule has 0 radical (unpaired) electrons. The summed E-state index contributed by atoms with van der Waals surface area (Å²) >= 11 is 1.29. The molecule has 20 heavy (non-hydrogen) atoms. The number of hydrogen-bond donors (Lipinski definition) is 0. The molecule has 0 bridgehead atoms. The van der Waals surface area contributed by atoms with Crippen LogP contribution in [0.4, 0.5) is 0 Å². The number of carbonyl (C=O) groups is 2. The monoisotopic (exact) mass is 298 g/mol. The predicted molar refractivity (Wildman–Crippen MR) is 73.5 cm³/mol. The van der Waals surface area contributed by atoms with E-state index in [-0.39, 0.29) is 17.9 Å². The molecule has 2 rings (SSSR count). The van der Waals surface area contributed by atoms with Gasteiger partial charge in [-0.15, -0.1) is 11.3 Å². The molecule has 0 aromatic carbocycles. The molecule has 1 fully saturated rings. The third-order valence-electron chi connectivity index (χ3n) is 3.19. The van der Waals surface area contributed by atoms with Crippen molar-refractivity contribution in [3.05, 3.63) is 16.1 Å². The summed E-state index contributed by atoms with van der Waals surface area (Å²) in [6.07, 6.45) is 0.807. The minimum absolute atomic E-state index is 0.0526. The predicted octanol–water partition coefficient (Wildman–Crippen LogP) is 1.31. The minimum atomic E-state index is -0.377. The number of nitrogens with zero attached hydrogens (tertiary/aromatic N) is 2. The van der Waals surface area contributed by atoms with Crippen LogP contribution in [-0.2, 0) is 20.8 Å². The van der Waals surface area contributed by atoms with Gasteiger partial charge in [-0.1, -0.05) is 0 Å². The Balaban J connectivity index is 1.89. The van der Waals surface area contributed by atoms with Crippen molar-refractivity contribution >= 4 is 23.3 Å². The Labute approximate surface area is 121 Å². The van der Waals surface area contributed by atoms with E-state index in [1.54, 1.807) is 6.92 Å². The van der Waals surface area contributed by atoms with Gasteiger partial charge < -0.3 is 9.47 Å². The van der Waals surface area contributed by atoms with Crippen LogP contribution in [0.25, 0.3) is 0 Å². The summed E-state index contributed by atoms with van der Waals surface area (Å²) in [6, 6.07) is 0. The quantitative estimate of drug-likeness (QED) is 0.764. The first-order valence-corrected chi connectivity index (χ1v) is 7.43. The highest BCUT2D eigenvalue weighted by atomic mass is 32.1. The van der Waals surface area contributed by atoms with Crippen molar-refractivity contribution in [3.63, 3.8) is 0 Å². The Morgan fingerprint density at radius 3 is 3.05 bits per heavy atom. The number of thiazole rings is 1. The minimum Gasteiger partial charge on any atom is -0.469 e. The summed E-state index contributed by atoms with van der Waals surface area (Å²) in [6.45, 7) is 4.28. The SMILES string of the molecule is CCOC(=O)c1nc(CN2CCC(C(=O)OC)C2)cs1. The van der Waals surface area contributed by atoms with Crippen molar-refractivity contribution in [3.8, 4) is 0 Å². The van der Waals surface area contributed by atoms with E-state index in [1.807, 2.05) is 5.38 Å². The number of aromatic nitrogens is 1. The maximum atomic E-state index is 11.5. The molecule has 0 amide bonds. The fourth-order valence-electron chi connectivity index (χ4n) is 2.23. The molecule has 0 aliphatic carbocycles. The zero-order valence-electron chi connectivity index (χ0n) is 11.6. The molecule has 1 atom stereocenters. The molecule has 1 aromatic heterocycles. The van der Waals surface area contributed by atoms with Gasteiger partial charge in [0.1, 0.15) is 0 Å². The topological polar surface area (TPSA) is 68.7 Å². The molecule has 1 aliphatic rings. The number of rotatable bonds is 5. The Morgan fingerprint density at radius 1 is 1.55 bits per heavy atom. The molecule has 0 N–H and O–H groups in total. The summed E-state index contributed by atoms with van der Waals surface area (Å²) in [5.74, 6) is -0.584. The van der Waals surface area contributed by atoms with Gasteiger partial charge in [-0.3, -0.25) is 9.69 Å². The number of likely N-dealkylation sites (tertiary alicyclic amines) is 1. The summed E-state index contributed by atoms with van der Waals surface area (Å²) in [4.78, 5) is 29.4. The first-order valence-electron chi connectivity index (χ1n) is 6.55. The number of esters is 2. The Hall–Kier alpha value is -1.47.